The summed E-state index contributed by atoms with van der Waals surface area (Å²) in [6.07, 6.45) is 1.77. The van der Waals surface area contributed by atoms with Crippen LogP contribution in [0, 0.1) is 0 Å². The topological polar surface area (TPSA) is 66.8 Å². The molecule has 0 unspecified atom stereocenters. The fraction of sp³-hybridized carbons (Fsp3) is 0.333. The predicted octanol–water partition coefficient (Wildman–Crippen LogP) is 1.99. The van der Waals surface area contributed by atoms with Gasteiger partial charge in [0.05, 0.1) is 12.2 Å². The van der Waals surface area contributed by atoms with Crippen molar-refractivity contribution in [3.05, 3.63) is 35.4 Å². The number of nitrogens with one attached hydrogen (secondary N) is 1. The van der Waals surface area contributed by atoms with Gasteiger partial charge in [0.15, 0.2) is 0 Å². The molecule has 0 spiro atoms. The number of rotatable bonds is 5. The Morgan fingerprint density at radius 1 is 1.26 bits per heavy atom. The van der Waals surface area contributed by atoms with Crippen LogP contribution in [0.1, 0.15) is 12.6 Å². The van der Waals surface area contributed by atoms with E-state index in [9.17, 15) is 0 Å². The maximum Gasteiger partial charge on any atom is 0.231 e. The third-order valence-electron chi connectivity index (χ3n) is 2.56. The Kier molecular flexibility index (Phi) is 4.46. The van der Waals surface area contributed by atoms with Gasteiger partial charge in [-0.25, -0.2) is 0 Å². The normalized spacial score (nSPS) is 10.3. The lowest BCUT2D eigenvalue weighted by Gasteiger charge is -2.20. The molecular weight excluding hydrogens is 264 g/mol. The predicted molar refractivity (Wildman–Crippen MR) is 75.3 cm³/mol. The van der Waals surface area contributed by atoms with E-state index >= 15 is 0 Å². The lowest BCUT2D eigenvalue weighted by molar-refractivity contribution is 0.769. The molecule has 0 aliphatic rings. The Labute approximate surface area is 116 Å². The second-order valence-corrected chi connectivity index (χ2v) is 4.15. The molecule has 0 fully saturated rings. The standard InChI is InChI=1S/C12H15ClN6/c1-3-19(8-9-6-4-5-7-15-9)12-17-10(13)16-11(14-2)18-12/h4-7H,3,8H2,1-2H3,(H,14,16,17,18). The summed E-state index contributed by atoms with van der Waals surface area (Å²) < 4.78 is 0. The second kappa shape index (κ2) is 6.29. The van der Waals surface area contributed by atoms with Crippen LogP contribution in [0.4, 0.5) is 11.9 Å². The molecule has 0 radical (unpaired) electrons. The van der Waals surface area contributed by atoms with Crippen molar-refractivity contribution in [1.82, 2.24) is 19.9 Å². The van der Waals surface area contributed by atoms with Crippen molar-refractivity contribution in [2.75, 3.05) is 23.8 Å². The number of halogens is 1. The molecule has 0 atom stereocenters. The highest BCUT2D eigenvalue weighted by Crippen LogP contribution is 2.15. The molecule has 2 heterocycles. The average molecular weight is 279 g/mol. The average Bonchev–Trinajstić information content (AvgIpc) is 2.45. The van der Waals surface area contributed by atoms with Gasteiger partial charge >= 0.3 is 0 Å². The lowest BCUT2D eigenvalue weighted by atomic mass is 10.3. The highest BCUT2D eigenvalue weighted by atomic mass is 35.5. The molecule has 100 valence electrons. The van der Waals surface area contributed by atoms with E-state index < -0.39 is 0 Å². The third kappa shape index (κ3) is 3.51. The molecule has 0 aliphatic carbocycles. The summed E-state index contributed by atoms with van der Waals surface area (Å²) in [4.78, 5) is 18.7. The number of hydrogen-bond donors (Lipinski definition) is 1. The van der Waals surface area contributed by atoms with Gasteiger partial charge in [0, 0.05) is 19.8 Å². The summed E-state index contributed by atoms with van der Waals surface area (Å²) in [5.74, 6) is 0.993. The fourth-order valence-corrected chi connectivity index (χ4v) is 1.76. The smallest absolute Gasteiger partial charge is 0.231 e. The van der Waals surface area contributed by atoms with Crippen molar-refractivity contribution in [2.24, 2.45) is 0 Å². The van der Waals surface area contributed by atoms with Crippen molar-refractivity contribution in [3.8, 4) is 0 Å². The summed E-state index contributed by atoms with van der Waals surface area (Å²) in [7, 11) is 1.74. The molecular formula is C12H15ClN6. The van der Waals surface area contributed by atoms with Crippen LogP contribution in [0.3, 0.4) is 0 Å². The summed E-state index contributed by atoms with van der Waals surface area (Å²) in [6, 6.07) is 5.80. The van der Waals surface area contributed by atoms with Gasteiger partial charge in [-0.3, -0.25) is 4.98 Å². The van der Waals surface area contributed by atoms with Crippen LogP contribution in [0.25, 0.3) is 0 Å². The Bertz CT molecular complexity index is 533. The van der Waals surface area contributed by atoms with Crippen molar-refractivity contribution in [3.63, 3.8) is 0 Å². The number of anilines is 2. The first kappa shape index (κ1) is 13.5. The molecule has 0 aliphatic heterocycles. The molecule has 0 saturated carbocycles. The molecule has 0 amide bonds. The molecule has 0 saturated heterocycles. The minimum atomic E-state index is 0.175. The Hall–Kier alpha value is -1.95. The number of aromatic nitrogens is 4. The second-order valence-electron chi connectivity index (χ2n) is 3.81. The maximum absolute atomic E-state index is 5.89. The first-order chi connectivity index (χ1) is 9.22. The van der Waals surface area contributed by atoms with E-state index in [0.29, 0.717) is 18.4 Å². The van der Waals surface area contributed by atoms with Crippen molar-refractivity contribution in [1.29, 1.82) is 0 Å². The van der Waals surface area contributed by atoms with Gasteiger partial charge in [0.1, 0.15) is 0 Å². The first-order valence-corrected chi connectivity index (χ1v) is 6.35. The SMILES string of the molecule is CCN(Cc1ccccn1)c1nc(Cl)nc(NC)n1. The minimum absolute atomic E-state index is 0.175. The van der Waals surface area contributed by atoms with Gasteiger partial charge in [0.25, 0.3) is 0 Å². The van der Waals surface area contributed by atoms with E-state index in [1.807, 2.05) is 30.0 Å². The molecule has 1 N–H and O–H groups in total. The molecule has 6 nitrogen and oxygen atoms in total. The third-order valence-corrected chi connectivity index (χ3v) is 2.73. The zero-order valence-electron chi connectivity index (χ0n) is 10.8. The number of hydrogen-bond acceptors (Lipinski definition) is 6. The molecule has 2 aromatic rings. The summed E-state index contributed by atoms with van der Waals surface area (Å²) in [6.45, 7) is 3.40. The molecule has 2 rings (SSSR count). The van der Waals surface area contributed by atoms with Crippen LogP contribution in [-0.2, 0) is 6.54 Å². The number of nitrogens with zero attached hydrogens (tertiary/aromatic N) is 5. The molecule has 0 bridgehead atoms. The van der Waals surface area contributed by atoms with Crippen molar-refractivity contribution in [2.45, 2.75) is 13.5 Å². The number of pyridine rings is 1. The fourth-order valence-electron chi connectivity index (χ4n) is 1.60. The van der Waals surface area contributed by atoms with Gasteiger partial charge < -0.3 is 10.2 Å². The van der Waals surface area contributed by atoms with Crippen LogP contribution in [0.5, 0.6) is 0 Å². The lowest BCUT2D eigenvalue weighted by Crippen LogP contribution is -2.25. The van der Waals surface area contributed by atoms with Gasteiger partial charge in [0.2, 0.25) is 17.2 Å². The highest BCUT2D eigenvalue weighted by Gasteiger charge is 2.12. The maximum atomic E-state index is 5.89. The molecule has 0 aromatic carbocycles. The highest BCUT2D eigenvalue weighted by molar-refractivity contribution is 6.28. The van der Waals surface area contributed by atoms with Gasteiger partial charge in [-0.15, -0.1) is 0 Å². The van der Waals surface area contributed by atoms with Gasteiger partial charge in [-0.2, -0.15) is 15.0 Å². The zero-order valence-corrected chi connectivity index (χ0v) is 11.6. The van der Waals surface area contributed by atoms with Gasteiger partial charge in [-0.05, 0) is 30.7 Å². The molecule has 19 heavy (non-hydrogen) atoms. The Morgan fingerprint density at radius 2 is 2.11 bits per heavy atom. The van der Waals surface area contributed by atoms with Crippen LogP contribution in [-0.4, -0.2) is 33.5 Å². The van der Waals surface area contributed by atoms with Crippen LogP contribution < -0.4 is 10.2 Å². The quantitative estimate of drug-likeness (QED) is 0.902. The summed E-state index contributed by atoms with van der Waals surface area (Å²) in [5, 5.41) is 3.04. The van der Waals surface area contributed by atoms with Crippen LogP contribution >= 0.6 is 11.6 Å². The molecule has 7 heteroatoms. The Morgan fingerprint density at radius 3 is 2.74 bits per heavy atom. The van der Waals surface area contributed by atoms with E-state index in [-0.39, 0.29) is 5.28 Å². The van der Waals surface area contributed by atoms with E-state index in [0.717, 1.165) is 12.2 Å². The summed E-state index contributed by atoms with van der Waals surface area (Å²) >= 11 is 5.89. The monoisotopic (exact) mass is 278 g/mol. The zero-order chi connectivity index (χ0) is 13.7. The largest absolute Gasteiger partial charge is 0.357 e. The van der Waals surface area contributed by atoms with E-state index in [1.54, 1.807) is 13.2 Å². The molecule has 2 aromatic heterocycles. The van der Waals surface area contributed by atoms with E-state index in [2.05, 4.69) is 25.3 Å². The van der Waals surface area contributed by atoms with Crippen LogP contribution in [0.15, 0.2) is 24.4 Å². The van der Waals surface area contributed by atoms with Crippen molar-refractivity contribution < 1.29 is 0 Å². The van der Waals surface area contributed by atoms with Crippen molar-refractivity contribution >= 4 is 23.5 Å². The Balaban J connectivity index is 2.24. The van der Waals surface area contributed by atoms with E-state index in [1.165, 1.54) is 0 Å². The summed E-state index contributed by atoms with van der Waals surface area (Å²) in [5.41, 5.74) is 0.951. The van der Waals surface area contributed by atoms with Crippen LogP contribution in [0.2, 0.25) is 5.28 Å². The minimum Gasteiger partial charge on any atom is -0.357 e. The first-order valence-electron chi connectivity index (χ1n) is 5.97. The van der Waals surface area contributed by atoms with E-state index in [4.69, 9.17) is 11.6 Å². The van der Waals surface area contributed by atoms with Gasteiger partial charge in [-0.1, -0.05) is 6.07 Å².